The van der Waals surface area contributed by atoms with Gasteiger partial charge in [0.2, 0.25) is 0 Å². The third-order valence-corrected chi connectivity index (χ3v) is 5.54. The molecular weight excluding hydrogens is 320 g/mol. The SMILES string of the molecule is CC[C@H]1C[C@@H](O)CC2(CCN(C(=O)c3ccc4n[nH]nc4c3)CC2)O1. The maximum absolute atomic E-state index is 12.8. The van der Waals surface area contributed by atoms with Crippen LogP contribution in [0.25, 0.3) is 11.0 Å². The summed E-state index contributed by atoms with van der Waals surface area (Å²) in [5.74, 6) is 0.0168. The molecule has 134 valence electrons. The fourth-order valence-corrected chi connectivity index (χ4v) is 4.11. The monoisotopic (exact) mass is 344 g/mol. The lowest BCUT2D eigenvalue weighted by Gasteiger charge is -2.47. The van der Waals surface area contributed by atoms with E-state index in [0.717, 1.165) is 31.2 Å². The Morgan fingerprint density at radius 3 is 2.88 bits per heavy atom. The summed E-state index contributed by atoms with van der Waals surface area (Å²) in [6.45, 7) is 3.40. The van der Waals surface area contributed by atoms with E-state index in [1.165, 1.54) is 0 Å². The van der Waals surface area contributed by atoms with Gasteiger partial charge in [-0.2, -0.15) is 15.4 Å². The van der Waals surface area contributed by atoms with Gasteiger partial charge in [-0.25, -0.2) is 0 Å². The van der Waals surface area contributed by atoms with Crippen molar-refractivity contribution >= 4 is 16.9 Å². The highest BCUT2D eigenvalue weighted by Crippen LogP contribution is 2.38. The first-order chi connectivity index (χ1) is 12.1. The lowest BCUT2D eigenvalue weighted by atomic mass is 9.81. The number of fused-ring (bicyclic) bond motifs is 1. The van der Waals surface area contributed by atoms with Crippen LogP contribution in [0.4, 0.5) is 0 Å². The van der Waals surface area contributed by atoms with Gasteiger partial charge < -0.3 is 14.7 Å². The van der Waals surface area contributed by atoms with Crippen LogP contribution in [-0.2, 0) is 4.74 Å². The molecule has 2 atom stereocenters. The minimum atomic E-state index is -0.296. The van der Waals surface area contributed by atoms with Crippen molar-refractivity contribution in [1.29, 1.82) is 0 Å². The van der Waals surface area contributed by atoms with Crippen LogP contribution in [0.3, 0.4) is 0 Å². The quantitative estimate of drug-likeness (QED) is 0.868. The topological polar surface area (TPSA) is 91.3 Å². The third-order valence-electron chi connectivity index (χ3n) is 5.54. The molecule has 2 aliphatic heterocycles. The fourth-order valence-electron chi connectivity index (χ4n) is 4.11. The molecule has 2 saturated heterocycles. The molecule has 2 fully saturated rings. The summed E-state index contributed by atoms with van der Waals surface area (Å²) in [6, 6.07) is 5.38. The van der Waals surface area contributed by atoms with Crippen molar-refractivity contribution in [3.8, 4) is 0 Å². The van der Waals surface area contributed by atoms with Gasteiger partial charge in [0.15, 0.2) is 0 Å². The van der Waals surface area contributed by atoms with E-state index in [4.69, 9.17) is 4.74 Å². The molecule has 0 bridgehead atoms. The van der Waals surface area contributed by atoms with E-state index in [0.29, 0.717) is 30.6 Å². The van der Waals surface area contributed by atoms with E-state index in [1.807, 2.05) is 11.0 Å². The molecule has 2 aliphatic rings. The number of amides is 1. The van der Waals surface area contributed by atoms with E-state index in [9.17, 15) is 9.90 Å². The molecule has 25 heavy (non-hydrogen) atoms. The number of H-pyrrole nitrogens is 1. The van der Waals surface area contributed by atoms with Crippen molar-refractivity contribution in [2.45, 2.75) is 56.8 Å². The molecule has 4 rings (SSSR count). The fraction of sp³-hybridized carbons (Fsp3) is 0.611. The van der Waals surface area contributed by atoms with Crippen LogP contribution in [0.2, 0.25) is 0 Å². The number of benzene rings is 1. The molecular formula is C18H24N4O3. The van der Waals surface area contributed by atoms with Crippen molar-refractivity contribution in [2.24, 2.45) is 0 Å². The van der Waals surface area contributed by atoms with Crippen LogP contribution < -0.4 is 0 Å². The first kappa shape index (κ1) is 16.5. The predicted molar refractivity (Wildman–Crippen MR) is 92.2 cm³/mol. The normalized spacial score (nSPS) is 26.2. The lowest BCUT2D eigenvalue weighted by Crippen LogP contribution is -2.53. The molecule has 2 aromatic rings. The molecule has 1 aromatic heterocycles. The maximum Gasteiger partial charge on any atom is 0.253 e. The Bertz CT molecular complexity index is 767. The zero-order valence-corrected chi connectivity index (χ0v) is 14.4. The number of aliphatic hydroxyl groups excluding tert-OH is 1. The van der Waals surface area contributed by atoms with Gasteiger partial charge >= 0.3 is 0 Å². The van der Waals surface area contributed by atoms with Crippen molar-refractivity contribution in [1.82, 2.24) is 20.3 Å². The van der Waals surface area contributed by atoms with E-state index in [-0.39, 0.29) is 23.7 Å². The Morgan fingerprint density at radius 2 is 2.12 bits per heavy atom. The number of aliphatic hydroxyl groups is 1. The zero-order chi connectivity index (χ0) is 17.4. The summed E-state index contributed by atoms with van der Waals surface area (Å²) >= 11 is 0. The molecule has 2 N–H and O–H groups in total. The molecule has 7 heteroatoms. The van der Waals surface area contributed by atoms with Crippen molar-refractivity contribution in [2.75, 3.05) is 13.1 Å². The summed E-state index contributed by atoms with van der Waals surface area (Å²) in [4.78, 5) is 14.7. The standard InChI is InChI=1S/C18H24N4O3/c1-2-14-10-13(23)11-18(25-14)5-7-22(8-6-18)17(24)12-3-4-15-16(9-12)20-21-19-15/h3-4,9,13-14,23H,2,5-8,10-11H2,1H3,(H,19,20,21)/t13-,14+/m1/s1. The van der Waals surface area contributed by atoms with Crippen molar-refractivity contribution < 1.29 is 14.6 Å². The number of rotatable bonds is 2. The molecule has 1 spiro atoms. The molecule has 1 aromatic carbocycles. The number of aromatic amines is 1. The van der Waals surface area contributed by atoms with Gasteiger partial charge in [-0.05, 0) is 43.9 Å². The maximum atomic E-state index is 12.8. The number of nitrogens with one attached hydrogen (secondary N) is 1. The highest BCUT2D eigenvalue weighted by Gasteiger charge is 2.43. The molecule has 0 aliphatic carbocycles. The summed E-state index contributed by atoms with van der Waals surface area (Å²) in [7, 11) is 0. The highest BCUT2D eigenvalue weighted by atomic mass is 16.5. The van der Waals surface area contributed by atoms with Crippen LogP contribution in [0.15, 0.2) is 18.2 Å². The highest BCUT2D eigenvalue weighted by molar-refractivity contribution is 5.97. The van der Waals surface area contributed by atoms with E-state index < -0.39 is 0 Å². The summed E-state index contributed by atoms with van der Waals surface area (Å²) in [5.41, 5.74) is 1.81. The Labute approximate surface area is 146 Å². The summed E-state index contributed by atoms with van der Waals surface area (Å²) in [5, 5.41) is 20.8. The molecule has 0 unspecified atom stereocenters. The second-order valence-electron chi connectivity index (χ2n) is 7.24. The molecule has 7 nitrogen and oxygen atoms in total. The van der Waals surface area contributed by atoms with Crippen LogP contribution in [0.1, 0.15) is 49.4 Å². The summed E-state index contributed by atoms with van der Waals surface area (Å²) < 4.78 is 6.30. The summed E-state index contributed by atoms with van der Waals surface area (Å²) in [6.07, 6.45) is 3.70. The Hall–Kier alpha value is -1.99. The minimum Gasteiger partial charge on any atom is -0.393 e. The smallest absolute Gasteiger partial charge is 0.253 e. The van der Waals surface area contributed by atoms with Crippen LogP contribution in [0, 0.1) is 0 Å². The number of carbonyl (C=O) groups is 1. The van der Waals surface area contributed by atoms with Gasteiger partial charge in [-0.1, -0.05) is 6.92 Å². The number of hydrogen-bond acceptors (Lipinski definition) is 5. The average molecular weight is 344 g/mol. The van der Waals surface area contributed by atoms with Gasteiger partial charge in [-0.15, -0.1) is 0 Å². The van der Waals surface area contributed by atoms with Crippen LogP contribution in [-0.4, -0.2) is 62.2 Å². The number of carbonyl (C=O) groups excluding carboxylic acids is 1. The molecule has 1 amide bonds. The predicted octanol–water partition coefficient (Wildman–Crippen LogP) is 1.88. The second-order valence-corrected chi connectivity index (χ2v) is 7.24. The van der Waals surface area contributed by atoms with Gasteiger partial charge in [0, 0.05) is 25.1 Å². The Balaban J connectivity index is 1.45. The Morgan fingerprint density at radius 1 is 1.36 bits per heavy atom. The van der Waals surface area contributed by atoms with Gasteiger partial charge in [0.25, 0.3) is 5.91 Å². The molecule has 3 heterocycles. The lowest BCUT2D eigenvalue weighted by molar-refractivity contribution is -0.179. The third kappa shape index (κ3) is 3.14. The van der Waals surface area contributed by atoms with Gasteiger partial charge in [0.05, 0.1) is 17.8 Å². The number of hydrogen-bond donors (Lipinski definition) is 2. The second kappa shape index (κ2) is 6.38. The molecule has 0 saturated carbocycles. The van der Waals surface area contributed by atoms with Crippen molar-refractivity contribution in [3.63, 3.8) is 0 Å². The average Bonchev–Trinajstić information content (AvgIpc) is 3.08. The number of nitrogens with zero attached hydrogens (tertiary/aromatic N) is 3. The zero-order valence-electron chi connectivity index (χ0n) is 14.4. The number of piperidine rings is 1. The van der Waals surface area contributed by atoms with Crippen LogP contribution >= 0.6 is 0 Å². The van der Waals surface area contributed by atoms with Gasteiger partial charge in [0.1, 0.15) is 11.0 Å². The first-order valence-electron chi connectivity index (χ1n) is 9.04. The van der Waals surface area contributed by atoms with Gasteiger partial charge in [-0.3, -0.25) is 4.79 Å². The van der Waals surface area contributed by atoms with E-state index >= 15 is 0 Å². The largest absolute Gasteiger partial charge is 0.393 e. The number of aromatic nitrogens is 3. The first-order valence-corrected chi connectivity index (χ1v) is 9.04. The van der Waals surface area contributed by atoms with E-state index in [1.54, 1.807) is 12.1 Å². The van der Waals surface area contributed by atoms with Crippen LogP contribution in [0.5, 0.6) is 0 Å². The number of likely N-dealkylation sites (tertiary alicyclic amines) is 1. The van der Waals surface area contributed by atoms with Crippen molar-refractivity contribution in [3.05, 3.63) is 23.8 Å². The Kier molecular flexibility index (Phi) is 4.21. The minimum absolute atomic E-state index is 0.0168. The molecule has 0 radical (unpaired) electrons. The van der Waals surface area contributed by atoms with E-state index in [2.05, 4.69) is 22.3 Å². The number of ether oxygens (including phenoxy) is 1.